The predicted molar refractivity (Wildman–Crippen MR) is 75.7 cm³/mol. The van der Waals surface area contributed by atoms with Gasteiger partial charge < -0.3 is 4.74 Å². The zero-order chi connectivity index (χ0) is 14.0. The van der Waals surface area contributed by atoms with Crippen LogP contribution in [0.2, 0.25) is 5.02 Å². The van der Waals surface area contributed by atoms with Crippen molar-refractivity contribution < 1.29 is 13.2 Å². The Morgan fingerprint density at radius 3 is 2.74 bits per heavy atom. The number of nitrogens with zero attached hydrogens (tertiary/aromatic N) is 1. The summed E-state index contributed by atoms with van der Waals surface area (Å²) >= 11 is 6.03. The molecule has 2 atom stereocenters. The lowest BCUT2D eigenvalue weighted by Crippen LogP contribution is -2.50. The van der Waals surface area contributed by atoms with Crippen LogP contribution in [0.4, 0.5) is 0 Å². The molecular weight excluding hydrogens is 286 g/mol. The van der Waals surface area contributed by atoms with Crippen molar-refractivity contribution in [2.45, 2.75) is 31.7 Å². The third-order valence-corrected chi connectivity index (χ3v) is 5.47. The molecule has 1 aliphatic rings. The Kier molecular flexibility index (Phi) is 4.50. The summed E-state index contributed by atoms with van der Waals surface area (Å²) < 4.78 is 31.9. The van der Waals surface area contributed by atoms with E-state index in [1.807, 2.05) is 13.8 Å². The number of hydrogen-bond donors (Lipinski definition) is 0. The van der Waals surface area contributed by atoms with Crippen molar-refractivity contribution in [3.05, 3.63) is 34.9 Å². The summed E-state index contributed by atoms with van der Waals surface area (Å²) in [5, 5.41) is 0.486. The molecule has 1 saturated heterocycles. The highest BCUT2D eigenvalue weighted by Gasteiger charge is 2.33. The van der Waals surface area contributed by atoms with Gasteiger partial charge in [0.15, 0.2) is 0 Å². The molecule has 0 radical (unpaired) electrons. The van der Waals surface area contributed by atoms with Crippen LogP contribution < -0.4 is 0 Å². The summed E-state index contributed by atoms with van der Waals surface area (Å²) in [6, 6.07) is 6.90. The summed E-state index contributed by atoms with van der Waals surface area (Å²) in [6.07, 6.45) is -0.0720. The lowest BCUT2D eigenvalue weighted by atomic mass is 10.2. The first kappa shape index (κ1) is 14.8. The minimum absolute atomic E-state index is 0.0657. The third-order valence-electron chi connectivity index (χ3n) is 3.20. The second kappa shape index (κ2) is 5.79. The third kappa shape index (κ3) is 3.48. The van der Waals surface area contributed by atoms with Gasteiger partial charge in [0, 0.05) is 17.6 Å². The Bertz CT molecular complexity index is 547. The van der Waals surface area contributed by atoms with E-state index in [1.165, 1.54) is 4.31 Å². The van der Waals surface area contributed by atoms with Crippen LogP contribution in [-0.4, -0.2) is 38.0 Å². The van der Waals surface area contributed by atoms with Gasteiger partial charge in [-0.25, -0.2) is 8.42 Å². The second-order valence-corrected chi connectivity index (χ2v) is 7.24. The standard InChI is InChI=1S/C13H18ClNO3S/c1-10-8-18-11(2)7-15(10)19(16,17)9-12-5-3-4-6-13(12)14/h3-6,10-11H,7-9H2,1-2H3. The maximum atomic E-state index is 12.5. The van der Waals surface area contributed by atoms with E-state index in [0.717, 1.165) is 0 Å². The van der Waals surface area contributed by atoms with Gasteiger partial charge in [-0.2, -0.15) is 4.31 Å². The van der Waals surface area contributed by atoms with Crippen molar-refractivity contribution in [3.63, 3.8) is 0 Å². The van der Waals surface area contributed by atoms with Crippen LogP contribution >= 0.6 is 11.6 Å². The van der Waals surface area contributed by atoms with Crippen LogP contribution in [0.15, 0.2) is 24.3 Å². The molecule has 6 heteroatoms. The highest BCUT2D eigenvalue weighted by atomic mass is 35.5. The molecule has 1 aromatic carbocycles. The second-order valence-electron chi connectivity index (χ2n) is 4.91. The van der Waals surface area contributed by atoms with Crippen molar-refractivity contribution >= 4 is 21.6 Å². The van der Waals surface area contributed by atoms with Gasteiger partial charge in [0.1, 0.15) is 0 Å². The predicted octanol–water partition coefficient (Wildman–Crippen LogP) is 2.28. The number of hydrogen-bond acceptors (Lipinski definition) is 3. The van der Waals surface area contributed by atoms with Crippen LogP contribution in [0, 0.1) is 0 Å². The SMILES string of the molecule is CC1CN(S(=O)(=O)Cc2ccccc2Cl)C(C)CO1. The maximum absolute atomic E-state index is 12.5. The van der Waals surface area contributed by atoms with Gasteiger partial charge in [0.2, 0.25) is 10.0 Å². The fourth-order valence-corrected chi connectivity index (χ4v) is 4.29. The Labute approximate surface area is 119 Å². The van der Waals surface area contributed by atoms with Crippen molar-refractivity contribution in [2.24, 2.45) is 0 Å². The maximum Gasteiger partial charge on any atom is 0.218 e. The zero-order valence-electron chi connectivity index (χ0n) is 11.0. The lowest BCUT2D eigenvalue weighted by molar-refractivity contribution is -0.0171. The summed E-state index contributed by atoms with van der Waals surface area (Å²) in [7, 11) is -3.37. The first-order valence-corrected chi connectivity index (χ1v) is 8.23. The fourth-order valence-electron chi connectivity index (χ4n) is 2.16. The van der Waals surface area contributed by atoms with E-state index in [4.69, 9.17) is 16.3 Å². The lowest BCUT2D eigenvalue weighted by Gasteiger charge is -2.35. The number of sulfonamides is 1. The fraction of sp³-hybridized carbons (Fsp3) is 0.538. The minimum Gasteiger partial charge on any atom is -0.375 e. The van der Waals surface area contributed by atoms with Gasteiger partial charge in [-0.3, -0.25) is 0 Å². The highest BCUT2D eigenvalue weighted by Crippen LogP contribution is 2.23. The first-order chi connectivity index (χ1) is 8.90. The number of morpholine rings is 1. The van der Waals surface area contributed by atoms with E-state index in [1.54, 1.807) is 24.3 Å². The number of benzene rings is 1. The van der Waals surface area contributed by atoms with Crippen LogP contribution in [-0.2, 0) is 20.5 Å². The number of rotatable bonds is 3. The topological polar surface area (TPSA) is 46.6 Å². The normalized spacial score (nSPS) is 25.4. The van der Waals surface area contributed by atoms with Crippen LogP contribution in [0.5, 0.6) is 0 Å². The van der Waals surface area contributed by atoms with E-state index in [0.29, 0.717) is 23.7 Å². The molecule has 0 bridgehead atoms. The van der Waals surface area contributed by atoms with Crippen molar-refractivity contribution in [2.75, 3.05) is 13.2 Å². The molecule has 1 fully saturated rings. The van der Waals surface area contributed by atoms with Gasteiger partial charge in [-0.1, -0.05) is 29.8 Å². The monoisotopic (exact) mass is 303 g/mol. The molecular formula is C13H18ClNO3S. The van der Waals surface area contributed by atoms with Crippen LogP contribution in [0.25, 0.3) is 0 Å². The quantitative estimate of drug-likeness (QED) is 0.860. The molecule has 1 aromatic rings. The Morgan fingerprint density at radius 2 is 2.05 bits per heavy atom. The van der Waals surface area contributed by atoms with E-state index in [9.17, 15) is 8.42 Å². The van der Waals surface area contributed by atoms with Crippen molar-refractivity contribution in [3.8, 4) is 0 Å². The number of ether oxygens (including phenoxy) is 1. The Balaban J connectivity index is 2.20. The molecule has 2 rings (SSSR count). The Morgan fingerprint density at radius 1 is 1.37 bits per heavy atom. The molecule has 0 N–H and O–H groups in total. The van der Waals surface area contributed by atoms with Gasteiger partial charge in [0.25, 0.3) is 0 Å². The molecule has 2 unspecified atom stereocenters. The first-order valence-electron chi connectivity index (χ1n) is 6.24. The molecule has 0 aromatic heterocycles. The van der Waals surface area contributed by atoms with Crippen LogP contribution in [0.3, 0.4) is 0 Å². The molecule has 0 amide bonds. The smallest absolute Gasteiger partial charge is 0.218 e. The summed E-state index contributed by atoms with van der Waals surface area (Å²) in [5.41, 5.74) is 0.635. The van der Waals surface area contributed by atoms with Gasteiger partial charge in [0.05, 0.1) is 18.5 Å². The highest BCUT2D eigenvalue weighted by molar-refractivity contribution is 7.88. The van der Waals surface area contributed by atoms with Gasteiger partial charge in [-0.05, 0) is 25.5 Å². The van der Waals surface area contributed by atoms with E-state index >= 15 is 0 Å². The molecule has 1 aliphatic heterocycles. The van der Waals surface area contributed by atoms with Gasteiger partial charge >= 0.3 is 0 Å². The molecule has 0 spiro atoms. The largest absolute Gasteiger partial charge is 0.375 e. The Hall–Kier alpha value is -0.620. The average Bonchev–Trinajstić information content (AvgIpc) is 2.35. The molecule has 19 heavy (non-hydrogen) atoms. The number of halogens is 1. The molecule has 1 heterocycles. The zero-order valence-corrected chi connectivity index (χ0v) is 12.6. The average molecular weight is 304 g/mol. The van der Waals surface area contributed by atoms with Gasteiger partial charge in [-0.15, -0.1) is 0 Å². The van der Waals surface area contributed by atoms with E-state index in [-0.39, 0.29) is 17.9 Å². The summed E-state index contributed by atoms with van der Waals surface area (Å²) in [5.74, 6) is -0.0657. The minimum atomic E-state index is -3.37. The summed E-state index contributed by atoms with van der Waals surface area (Å²) in [4.78, 5) is 0. The molecule has 0 aliphatic carbocycles. The molecule has 0 saturated carbocycles. The van der Waals surface area contributed by atoms with Crippen LogP contribution in [0.1, 0.15) is 19.4 Å². The van der Waals surface area contributed by atoms with Crippen molar-refractivity contribution in [1.29, 1.82) is 0 Å². The molecule has 106 valence electrons. The molecule has 4 nitrogen and oxygen atoms in total. The van der Waals surface area contributed by atoms with Crippen molar-refractivity contribution in [1.82, 2.24) is 4.31 Å². The van der Waals surface area contributed by atoms with E-state index in [2.05, 4.69) is 0 Å². The van der Waals surface area contributed by atoms with E-state index < -0.39 is 10.0 Å². The summed E-state index contributed by atoms with van der Waals surface area (Å²) in [6.45, 7) is 4.57.